The van der Waals surface area contributed by atoms with E-state index in [9.17, 15) is 14.4 Å². The molecule has 0 spiro atoms. The summed E-state index contributed by atoms with van der Waals surface area (Å²) >= 11 is 0. The summed E-state index contributed by atoms with van der Waals surface area (Å²) in [6, 6.07) is 14.9. The van der Waals surface area contributed by atoms with Crippen molar-refractivity contribution >= 4 is 23.0 Å². The number of piperidine rings is 1. The molecule has 2 saturated heterocycles. The number of Topliss-reactive ketones (excluding diaryl/α,β-unsaturated/α-hetero) is 3. The van der Waals surface area contributed by atoms with Gasteiger partial charge < -0.3 is 15.0 Å². The Kier molecular flexibility index (Phi) is 10.4. The van der Waals surface area contributed by atoms with E-state index in [0.717, 1.165) is 69.1 Å². The normalized spacial score (nSPS) is 22.2. The Morgan fingerprint density at radius 1 is 0.976 bits per heavy atom. The van der Waals surface area contributed by atoms with Crippen LogP contribution in [0.2, 0.25) is 0 Å². The standard InChI is InChI=1S/C35H45N3O4/c1-25(33-13-10-31(40)11-14-35(33)41)20-29-21-30(9-12-34(29)26(2)39)38-18-16-37(17-19-38)23-27-5-7-28(8-6-27)24-42-32-4-3-15-36-22-32/h5-9,12,21,32-33,36H,1,3-4,10-11,13-20,22-24H2,2H3/t32-,33?/m1/s1. The number of allylic oxidation sites excluding steroid dienone is 1. The SMILES string of the molecule is C=C(Cc1cc(N2CCN(Cc3ccc(CO[C@@H]4CCCNC4)cc3)CC2)ccc1C(C)=O)C1CCC(=O)CCC1=O. The van der Waals surface area contributed by atoms with E-state index in [1.54, 1.807) is 6.92 Å². The van der Waals surface area contributed by atoms with Gasteiger partial charge in [-0.2, -0.15) is 0 Å². The van der Waals surface area contributed by atoms with Crippen molar-refractivity contribution in [1.82, 2.24) is 10.2 Å². The maximum Gasteiger partial charge on any atom is 0.160 e. The van der Waals surface area contributed by atoms with Crippen LogP contribution in [-0.4, -0.2) is 67.6 Å². The molecular formula is C35H45N3O4. The van der Waals surface area contributed by atoms with E-state index in [2.05, 4.69) is 52.0 Å². The van der Waals surface area contributed by atoms with Crippen molar-refractivity contribution in [1.29, 1.82) is 0 Å². The van der Waals surface area contributed by atoms with E-state index in [1.807, 2.05) is 12.1 Å². The number of benzene rings is 2. The minimum Gasteiger partial charge on any atom is -0.372 e. The number of nitrogens with zero attached hydrogens (tertiary/aromatic N) is 2. The summed E-state index contributed by atoms with van der Waals surface area (Å²) in [4.78, 5) is 41.9. The molecule has 1 saturated carbocycles. The van der Waals surface area contributed by atoms with Crippen molar-refractivity contribution in [2.24, 2.45) is 5.92 Å². The number of carbonyl (C=O) groups is 3. The molecule has 2 atom stereocenters. The van der Waals surface area contributed by atoms with E-state index in [-0.39, 0.29) is 23.3 Å². The minimum atomic E-state index is -0.306. The number of rotatable bonds is 10. The number of ketones is 3. The monoisotopic (exact) mass is 571 g/mol. The van der Waals surface area contributed by atoms with Gasteiger partial charge in [-0.25, -0.2) is 0 Å². The van der Waals surface area contributed by atoms with Gasteiger partial charge in [0.25, 0.3) is 0 Å². The zero-order chi connectivity index (χ0) is 29.5. The van der Waals surface area contributed by atoms with Gasteiger partial charge in [0.05, 0.1) is 12.7 Å². The lowest BCUT2D eigenvalue weighted by Gasteiger charge is -2.36. The van der Waals surface area contributed by atoms with Gasteiger partial charge in [0, 0.05) is 75.7 Å². The molecule has 5 rings (SSSR count). The molecule has 2 aliphatic heterocycles. The number of hydrogen-bond acceptors (Lipinski definition) is 7. The third-order valence-electron chi connectivity index (χ3n) is 9.03. The lowest BCUT2D eigenvalue weighted by molar-refractivity contribution is -0.123. The highest BCUT2D eigenvalue weighted by atomic mass is 16.5. The first-order valence-corrected chi connectivity index (χ1v) is 15.6. The summed E-state index contributed by atoms with van der Waals surface area (Å²) < 4.78 is 6.08. The molecule has 1 aliphatic carbocycles. The van der Waals surface area contributed by atoms with E-state index >= 15 is 0 Å². The maximum atomic E-state index is 12.7. The lowest BCUT2D eigenvalue weighted by Crippen LogP contribution is -2.46. The maximum absolute atomic E-state index is 12.7. The van der Waals surface area contributed by atoms with Crippen molar-refractivity contribution in [3.05, 3.63) is 76.9 Å². The fourth-order valence-corrected chi connectivity index (χ4v) is 6.43. The molecule has 42 heavy (non-hydrogen) atoms. The van der Waals surface area contributed by atoms with E-state index in [0.29, 0.717) is 50.4 Å². The molecule has 0 radical (unpaired) electrons. The fourth-order valence-electron chi connectivity index (χ4n) is 6.43. The van der Waals surface area contributed by atoms with Crippen LogP contribution in [0.5, 0.6) is 0 Å². The average molecular weight is 572 g/mol. The number of anilines is 1. The molecule has 1 N–H and O–H groups in total. The van der Waals surface area contributed by atoms with Gasteiger partial charge in [-0.05, 0) is 74.0 Å². The van der Waals surface area contributed by atoms with Crippen LogP contribution in [0.15, 0.2) is 54.6 Å². The summed E-state index contributed by atoms with van der Waals surface area (Å²) in [6.45, 7) is 13.2. The number of carbonyl (C=O) groups excluding carboxylic acids is 3. The van der Waals surface area contributed by atoms with Crippen LogP contribution >= 0.6 is 0 Å². The summed E-state index contributed by atoms with van der Waals surface area (Å²) in [6.07, 6.45) is 4.71. The van der Waals surface area contributed by atoms with Gasteiger partial charge in [0.15, 0.2) is 5.78 Å². The van der Waals surface area contributed by atoms with Gasteiger partial charge in [-0.15, -0.1) is 0 Å². The van der Waals surface area contributed by atoms with E-state index in [1.165, 1.54) is 17.5 Å². The molecule has 2 heterocycles. The zero-order valence-corrected chi connectivity index (χ0v) is 25.0. The van der Waals surface area contributed by atoms with Crippen LogP contribution in [-0.2, 0) is 33.9 Å². The average Bonchev–Trinajstić information content (AvgIpc) is 3.17. The van der Waals surface area contributed by atoms with Gasteiger partial charge in [0.1, 0.15) is 11.6 Å². The first kappa shape index (κ1) is 30.3. The van der Waals surface area contributed by atoms with Crippen LogP contribution in [0, 0.1) is 5.92 Å². The highest BCUT2D eigenvalue weighted by Gasteiger charge is 2.27. The third kappa shape index (κ3) is 8.03. The van der Waals surface area contributed by atoms with Crippen molar-refractivity contribution in [2.45, 2.75) is 71.1 Å². The molecule has 2 aromatic rings. The molecule has 224 valence electrons. The largest absolute Gasteiger partial charge is 0.372 e. The number of ether oxygens (including phenoxy) is 1. The van der Waals surface area contributed by atoms with Crippen molar-refractivity contribution in [3.63, 3.8) is 0 Å². The number of nitrogens with one attached hydrogen (secondary N) is 1. The van der Waals surface area contributed by atoms with Crippen LogP contribution in [0.25, 0.3) is 0 Å². The van der Waals surface area contributed by atoms with E-state index < -0.39 is 0 Å². The van der Waals surface area contributed by atoms with Gasteiger partial charge in [-0.3, -0.25) is 19.3 Å². The van der Waals surface area contributed by atoms with E-state index in [4.69, 9.17) is 4.74 Å². The number of hydrogen-bond donors (Lipinski definition) is 1. The Bertz CT molecular complexity index is 1270. The molecule has 7 heteroatoms. The predicted molar refractivity (Wildman–Crippen MR) is 166 cm³/mol. The Hall–Kier alpha value is -3.13. The molecule has 3 fully saturated rings. The van der Waals surface area contributed by atoms with Crippen molar-refractivity contribution in [2.75, 3.05) is 44.2 Å². The molecule has 7 nitrogen and oxygen atoms in total. The molecule has 1 unspecified atom stereocenters. The quantitative estimate of drug-likeness (QED) is 0.247. The molecule has 0 aromatic heterocycles. The molecule has 2 aromatic carbocycles. The summed E-state index contributed by atoms with van der Waals surface area (Å²) in [5, 5.41) is 3.40. The van der Waals surface area contributed by atoms with Crippen molar-refractivity contribution in [3.8, 4) is 0 Å². The Morgan fingerprint density at radius 2 is 1.74 bits per heavy atom. The molecule has 0 amide bonds. The first-order chi connectivity index (χ1) is 20.4. The Balaban J connectivity index is 1.15. The molecular weight excluding hydrogens is 526 g/mol. The Labute approximate surface area is 250 Å². The fraction of sp³-hybridized carbons (Fsp3) is 0.514. The molecule has 3 aliphatic rings. The zero-order valence-electron chi connectivity index (χ0n) is 25.0. The van der Waals surface area contributed by atoms with Gasteiger partial charge >= 0.3 is 0 Å². The van der Waals surface area contributed by atoms with Crippen LogP contribution in [0.1, 0.15) is 72.5 Å². The highest BCUT2D eigenvalue weighted by molar-refractivity contribution is 5.96. The Morgan fingerprint density at radius 3 is 2.45 bits per heavy atom. The van der Waals surface area contributed by atoms with Gasteiger partial charge in [-0.1, -0.05) is 36.4 Å². The number of piperazine rings is 1. The lowest BCUT2D eigenvalue weighted by atomic mass is 9.86. The summed E-state index contributed by atoms with van der Waals surface area (Å²) in [5.41, 5.74) is 6.04. The second kappa shape index (κ2) is 14.4. The van der Waals surface area contributed by atoms with Crippen LogP contribution in [0.4, 0.5) is 5.69 Å². The third-order valence-corrected chi connectivity index (χ3v) is 9.03. The smallest absolute Gasteiger partial charge is 0.160 e. The second-order valence-electron chi connectivity index (χ2n) is 12.2. The summed E-state index contributed by atoms with van der Waals surface area (Å²) in [7, 11) is 0. The molecule has 0 bridgehead atoms. The minimum absolute atomic E-state index is 0.0140. The first-order valence-electron chi connectivity index (χ1n) is 15.6. The second-order valence-corrected chi connectivity index (χ2v) is 12.2. The van der Waals surface area contributed by atoms with Gasteiger partial charge in [0.2, 0.25) is 0 Å². The predicted octanol–water partition coefficient (Wildman–Crippen LogP) is 4.91. The van der Waals surface area contributed by atoms with Crippen LogP contribution < -0.4 is 10.2 Å². The highest BCUT2D eigenvalue weighted by Crippen LogP contribution is 2.29. The van der Waals surface area contributed by atoms with Crippen LogP contribution in [0.3, 0.4) is 0 Å². The summed E-state index contributed by atoms with van der Waals surface area (Å²) in [5.74, 6) is -0.0412. The van der Waals surface area contributed by atoms with Crippen molar-refractivity contribution < 1.29 is 19.1 Å². The topological polar surface area (TPSA) is 79.0 Å².